The molecule has 10 heteroatoms. The Morgan fingerprint density at radius 3 is 2.72 bits per heavy atom. The number of carbonyl (C=O) groups is 1. The number of halogens is 3. The van der Waals surface area contributed by atoms with E-state index in [0.717, 1.165) is 25.2 Å². The van der Waals surface area contributed by atoms with Gasteiger partial charge in [0.15, 0.2) is 11.6 Å². The topological polar surface area (TPSA) is 86.3 Å². The summed E-state index contributed by atoms with van der Waals surface area (Å²) in [4.78, 5) is 22.4. The Labute approximate surface area is 163 Å². The van der Waals surface area contributed by atoms with Gasteiger partial charge in [0.2, 0.25) is 5.91 Å². The van der Waals surface area contributed by atoms with Crippen molar-refractivity contribution in [2.75, 3.05) is 12.3 Å². The van der Waals surface area contributed by atoms with Crippen LogP contribution in [-0.2, 0) is 10.3 Å². The van der Waals surface area contributed by atoms with Gasteiger partial charge in [-0.15, -0.1) is 13.2 Å². The predicted molar refractivity (Wildman–Crippen MR) is 94.7 cm³/mol. The number of aromatic nitrogens is 3. The minimum absolute atomic E-state index is 0.0681. The van der Waals surface area contributed by atoms with E-state index in [9.17, 15) is 18.0 Å². The highest BCUT2D eigenvalue weighted by molar-refractivity contribution is 5.77. The van der Waals surface area contributed by atoms with Crippen molar-refractivity contribution in [1.82, 2.24) is 19.4 Å². The second kappa shape index (κ2) is 5.03. The molecule has 0 aromatic carbocycles. The highest BCUT2D eigenvalue weighted by Gasteiger charge is 2.94. The van der Waals surface area contributed by atoms with E-state index < -0.39 is 12.1 Å². The molecule has 2 aromatic rings. The maximum atomic E-state index is 12.6. The third-order valence-corrected chi connectivity index (χ3v) is 6.79. The molecular weight excluding hydrogens is 387 g/mol. The SMILES string of the molecule is CC(=O)N1C[C@H]2[C@H]3C1[C@@]32n1cc(-c2cnc(N)c(OC(F)(F)F)c2)nc1C1CC1. The zero-order valence-electron chi connectivity index (χ0n) is 15.5. The molecule has 5 fully saturated rings. The summed E-state index contributed by atoms with van der Waals surface area (Å²) in [7, 11) is 0. The first-order chi connectivity index (χ1) is 13.7. The number of imidazole rings is 1. The fraction of sp³-hybridized carbons (Fsp3) is 0.526. The van der Waals surface area contributed by atoms with Crippen LogP contribution in [0, 0.1) is 11.8 Å². The summed E-state index contributed by atoms with van der Waals surface area (Å²) in [5.41, 5.74) is 6.44. The standard InChI is InChI=1S/C19H18F3N5O2/c1-8(28)26-6-11-14-15(26)18(11,14)27-7-12(25-17(27)9-2-3-9)10-4-13(16(23)24-5-10)29-19(20,21)22/h4-5,7,9,11,14-15H,2-3,6H2,1H3,(H2,23,24)/t11-,14-,15?,18-/m0/s1. The van der Waals surface area contributed by atoms with Gasteiger partial charge < -0.3 is 19.9 Å². The lowest BCUT2D eigenvalue weighted by Crippen LogP contribution is -2.29. The molecule has 4 atom stereocenters. The van der Waals surface area contributed by atoms with Crippen LogP contribution >= 0.6 is 0 Å². The van der Waals surface area contributed by atoms with E-state index in [0.29, 0.717) is 29.0 Å². The van der Waals surface area contributed by atoms with Gasteiger partial charge in [-0.2, -0.15) is 0 Å². The van der Waals surface area contributed by atoms with E-state index in [-0.39, 0.29) is 23.3 Å². The van der Waals surface area contributed by atoms with E-state index in [1.54, 1.807) is 6.92 Å². The molecular formula is C19H18F3N5O2. The number of hydrogen-bond acceptors (Lipinski definition) is 5. The van der Waals surface area contributed by atoms with E-state index in [1.807, 2.05) is 11.1 Å². The monoisotopic (exact) mass is 405 g/mol. The molecule has 5 aliphatic rings. The summed E-state index contributed by atoms with van der Waals surface area (Å²) in [5, 5.41) is 0. The maximum Gasteiger partial charge on any atom is 0.573 e. The highest BCUT2D eigenvalue weighted by atomic mass is 19.4. The number of carbonyl (C=O) groups excluding carboxylic acids is 1. The van der Waals surface area contributed by atoms with Crippen molar-refractivity contribution in [3.8, 4) is 17.0 Å². The summed E-state index contributed by atoms with van der Waals surface area (Å²) >= 11 is 0. The second-order valence-corrected chi connectivity index (χ2v) is 8.42. The van der Waals surface area contributed by atoms with Crippen molar-refractivity contribution in [2.45, 2.75) is 43.6 Å². The molecule has 7 rings (SSSR count). The fourth-order valence-electron chi connectivity index (χ4n) is 5.33. The highest BCUT2D eigenvalue weighted by Crippen LogP contribution is 2.83. The minimum atomic E-state index is -4.85. The zero-order valence-corrected chi connectivity index (χ0v) is 15.5. The van der Waals surface area contributed by atoms with Gasteiger partial charge in [-0.3, -0.25) is 4.79 Å². The number of nitrogens with zero attached hydrogens (tertiary/aromatic N) is 4. The van der Waals surface area contributed by atoms with Gasteiger partial charge in [-0.05, 0) is 18.9 Å². The molecule has 3 saturated carbocycles. The number of fused-ring (bicyclic) bond motifs is 1. The average Bonchev–Trinajstić information content (AvgIpc) is 3.58. The lowest BCUT2D eigenvalue weighted by Gasteiger charge is -2.16. The summed E-state index contributed by atoms with van der Waals surface area (Å²) in [5.74, 6) is 1.46. The number of pyridine rings is 1. The van der Waals surface area contributed by atoms with E-state index in [1.165, 1.54) is 12.3 Å². The van der Waals surface area contributed by atoms with Crippen LogP contribution in [0.25, 0.3) is 11.3 Å². The number of rotatable bonds is 4. The Hall–Kier alpha value is -2.78. The summed E-state index contributed by atoms with van der Waals surface area (Å²) in [6, 6.07) is 1.45. The van der Waals surface area contributed by atoms with Gasteiger partial charge >= 0.3 is 6.36 Å². The van der Waals surface area contributed by atoms with Gasteiger partial charge in [-0.25, -0.2) is 9.97 Å². The van der Waals surface area contributed by atoms with Crippen LogP contribution in [0.4, 0.5) is 19.0 Å². The molecule has 0 radical (unpaired) electrons. The van der Waals surface area contributed by atoms with Crippen molar-refractivity contribution in [3.63, 3.8) is 0 Å². The van der Waals surface area contributed by atoms with Crippen molar-refractivity contribution >= 4 is 11.7 Å². The van der Waals surface area contributed by atoms with E-state index in [2.05, 4.69) is 14.3 Å². The summed E-state index contributed by atoms with van der Waals surface area (Å²) < 4.78 is 44.1. The van der Waals surface area contributed by atoms with Crippen molar-refractivity contribution in [1.29, 1.82) is 0 Å². The molecule has 0 spiro atoms. The molecule has 2 saturated heterocycles. The lowest BCUT2D eigenvalue weighted by molar-refractivity contribution is -0.274. The molecule has 4 heterocycles. The first-order valence-electron chi connectivity index (χ1n) is 9.60. The van der Waals surface area contributed by atoms with Crippen LogP contribution < -0.4 is 10.5 Å². The smallest absolute Gasteiger partial charge is 0.402 e. The number of ether oxygens (including phenoxy) is 1. The van der Waals surface area contributed by atoms with Crippen molar-refractivity contribution in [3.05, 3.63) is 24.3 Å². The number of piperidine rings is 1. The quantitative estimate of drug-likeness (QED) is 0.845. The Kier molecular flexibility index (Phi) is 2.97. The fourth-order valence-corrected chi connectivity index (χ4v) is 5.33. The Bertz CT molecular complexity index is 1060. The van der Waals surface area contributed by atoms with Gasteiger partial charge in [0.05, 0.1) is 17.3 Å². The van der Waals surface area contributed by atoms with Gasteiger partial charge in [-0.1, -0.05) is 0 Å². The zero-order chi connectivity index (χ0) is 20.3. The van der Waals surface area contributed by atoms with Crippen LogP contribution in [0.1, 0.15) is 31.5 Å². The van der Waals surface area contributed by atoms with Crippen LogP contribution in [0.15, 0.2) is 18.5 Å². The normalized spacial score (nSPS) is 31.6. The molecule has 7 nitrogen and oxygen atoms in total. The molecule has 1 amide bonds. The predicted octanol–water partition coefficient (Wildman–Crippen LogP) is 2.49. The van der Waals surface area contributed by atoms with Crippen LogP contribution in [-0.4, -0.2) is 44.3 Å². The molecule has 152 valence electrons. The number of alkyl halides is 3. The largest absolute Gasteiger partial charge is 0.573 e. The maximum absolute atomic E-state index is 12.6. The van der Waals surface area contributed by atoms with Crippen LogP contribution in [0.5, 0.6) is 5.75 Å². The van der Waals surface area contributed by atoms with E-state index in [4.69, 9.17) is 10.7 Å². The summed E-state index contributed by atoms with van der Waals surface area (Å²) in [6.45, 7) is 2.37. The van der Waals surface area contributed by atoms with Crippen LogP contribution in [0.3, 0.4) is 0 Å². The molecule has 2 N–H and O–H groups in total. The molecule has 29 heavy (non-hydrogen) atoms. The number of amides is 1. The molecule has 1 unspecified atom stereocenters. The number of hydrogen-bond donors (Lipinski definition) is 1. The van der Waals surface area contributed by atoms with E-state index >= 15 is 0 Å². The minimum Gasteiger partial charge on any atom is -0.402 e. The molecule has 2 aliphatic heterocycles. The van der Waals surface area contributed by atoms with Gasteiger partial charge in [0, 0.05) is 49.2 Å². The number of anilines is 1. The van der Waals surface area contributed by atoms with Gasteiger partial charge in [0.1, 0.15) is 5.82 Å². The summed E-state index contributed by atoms with van der Waals surface area (Å²) in [6.07, 6.45) is 0.551. The number of nitrogens with two attached hydrogens (primary N) is 1. The molecule has 2 aromatic heterocycles. The third-order valence-electron chi connectivity index (χ3n) is 6.79. The lowest BCUT2D eigenvalue weighted by atomic mass is 10.2. The van der Waals surface area contributed by atoms with Crippen molar-refractivity contribution < 1.29 is 22.7 Å². The third kappa shape index (κ3) is 2.22. The first-order valence-corrected chi connectivity index (χ1v) is 9.60. The second-order valence-electron chi connectivity index (χ2n) is 8.42. The molecule has 3 aliphatic carbocycles. The van der Waals surface area contributed by atoms with Crippen LogP contribution in [0.2, 0.25) is 0 Å². The Balaban J connectivity index is 1.38. The van der Waals surface area contributed by atoms with Gasteiger partial charge in [0.25, 0.3) is 0 Å². The average molecular weight is 405 g/mol. The Morgan fingerprint density at radius 2 is 2.14 bits per heavy atom. The number of nitrogen functional groups attached to an aromatic ring is 1. The first kappa shape index (κ1) is 17.1. The molecule has 2 bridgehead atoms. The van der Waals surface area contributed by atoms with Crippen molar-refractivity contribution in [2.24, 2.45) is 11.8 Å². The Morgan fingerprint density at radius 1 is 1.38 bits per heavy atom.